The third kappa shape index (κ3) is 5.19. The zero-order valence-corrected chi connectivity index (χ0v) is 11.2. The topological polar surface area (TPSA) is 58.2 Å². The number of aryl methyl sites for hydroxylation is 1. The van der Waals surface area contributed by atoms with Crippen molar-refractivity contribution in [2.75, 3.05) is 24.1 Å². The monoisotopic (exact) mass is 256 g/mol. The molecular weight excluding hydrogens is 236 g/mol. The Morgan fingerprint density at radius 3 is 2.53 bits per heavy atom. The number of benzene rings is 1. The molecule has 5 heteroatoms. The highest BCUT2D eigenvalue weighted by Crippen LogP contribution is 2.15. The minimum absolute atomic E-state index is 0.170. The summed E-state index contributed by atoms with van der Waals surface area (Å²) in [6.45, 7) is 2.73. The zero-order valence-electron chi connectivity index (χ0n) is 10.4. The number of hydrogen-bond donors (Lipinski definition) is 2. The van der Waals surface area contributed by atoms with E-state index < -0.39 is 10.0 Å². The first-order valence-electron chi connectivity index (χ1n) is 5.76. The SMILES string of the molecule is CNCCCCS(=O)(=O)Nc1ccccc1C. The summed E-state index contributed by atoms with van der Waals surface area (Å²) < 4.78 is 26.2. The Morgan fingerprint density at radius 1 is 1.18 bits per heavy atom. The lowest BCUT2D eigenvalue weighted by atomic mass is 10.2. The second kappa shape index (κ2) is 6.61. The molecule has 0 atom stereocenters. The minimum atomic E-state index is -3.22. The molecule has 0 saturated heterocycles. The van der Waals surface area contributed by atoms with Gasteiger partial charge in [-0.05, 0) is 45.0 Å². The van der Waals surface area contributed by atoms with Gasteiger partial charge in [-0.1, -0.05) is 18.2 Å². The van der Waals surface area contributed by atoms with Crippen molar-refractivity contribution in [3.63, 3.8) is 0 Å². The van der Waals surface area contributed by atoms with Gasteiger partial charge in [-0.3, -0.25) is 4.72 Å². The molecule has 1 rings (SSSR count). The molecule has 0 radical (unpaired) electrons. The van der Waals surface area contributed by atoms with E-state index in [0.29, 0.717) is 12.1 Å². The van der Waals surface area contributed by atoms with Crippen LogP contribution >= 0.6 is 0 Å². The molecule has 1 aromatic rings. The van der Waals surface area contributed by atoms with Gasteiger partial charge in [-0.2, -0.15) is 0 Å². The molecule has 0 aliphatic heterocycles. The van der Waals surface area contributed by atoms with Gasteiger partial charge in [-0.15, -0.1) is 0 Å². The van der Waals surface area contributed by atoms with Crippen LogP contribution in [0.3, 0.4) is 0 Å². The molecule has 17 heavy (non-hydrogen) atoms. The van der Waals surface area contributed by atoms with E-state index in [9.17, 15) is 8.42 Å². The van der Waals surface area contributed by atoms with Gasteiger partial charge in [0.25, 0.3) is 0 Å². The standard InChI is InChI=1S/C12H20N2O2S/c1-11-7-3-4-8-12(11)14-17(15,16)10-6-5-9-13-2/h3-4,7-8,13-14H,5-6,9-10H2,1-2H3. The zero-order chi connectivity index (χ0) is 12.7. The number of nitrogens with one attached hydrogen (secondary N) is 2. The maximum absolute atomic E-state index is 11.8. The molecule has 1 aromatic carbocycles. The Hall–Kier alpha value is -1.07. The van der Waals surface area contributed by atoms with Crippen LogP contribution in [-0.2, 0) is 10.0 Å². The quantitative estimate of drug-likeness (QED) is 0.731. The summed E-state index contributed by atoms with van der Waals surface area (Å²) >= 11 is 0. The lowest BCUT2D eigenvalue weighted by molar-refractivity contribution is 0.595. The fraction of sp³-hybridized carbons (Fsp3) is 0.500. The second-order valence-electron chi connectivity index (χ2n) is 4.05. The van der Waals surface area contributed by atoms with Gasteiger partial charge in [0.05, 0.1) is 11.4 Å². The number of sulfonamides is 1. The maximum atomic E-state index is 11.8. The van der Waals surface area contributed by atoms with Crippen LogP contribution in [0, 0.1) is 6.92 Å². The van der Waals surface area contributed by atoms with Crippen molar-refractivity contribution in [1.82, 2.24) is 5.32 Å². The van der Waals surface area contributed by atoms with E-state index in [1.54, 1.807) is 6.07 Å². The summed E-state index contributed by atoms with van der Waals surface area (Å²) in [6.07, 6.45) is 1.53. The van der Waals surface area contributed by atoms with Crippen molar-refractivity contribution in [2.24, 2.45) is 0 Å². The van der Waals surface area contributed by atoms with Gasteiger partial charge >= 0.3 is 0 Å². The highest BCUT2D eigenvalue weighted by Gasteiger charge is 2.10. The minimum Gasteiger partial charge on any atom is -0.320 e. The summed E-state index contributed by atoms with van der Waals surface area (Å²) in [5.74, 6) is 0.170. The average Bonchev–Trinajstić information content (AvgIpc) is 2.28. The first-order valence-corrected chi connectivity index (χ1v) is 7.41. The van der Waals surface area contributed by atoms with Crippen LogP contribution < -0.4 is 10.0 Å². The fourth-order valence-electron chi connectivity index (χ4n) is 1.50. The molecule has 0 fully saturated rings. The molecule has 0 saturated carbocycles. The van der Waals surface area contributed by atoms with Crippen molar-refractivity contribution < 1.29 is 8.42 Å². The number of anilines is 1. The summed E-state index contributed by atoms with van der Waals surface area (Å²) in [7, 11) is -1.35. The predicted octanol–water partition coefficient (Wildman–Crippen LogP) is 1.74. The van der Waals surface area contributed by atoms with Gasteiger partial charge < -0.3 is 5.32 Å². The highest BCUT2D eigenvalue weighted by molar-refractivity contribution is 7.92. The third-order valence-corrected chi connectivity index (χ3v) is 3.86. The van der Waals surface area contributed by atoms with Crippen LogP contribution in [0.1, 0.15) is 18.4 Å². The van der Waals surface area contributed by atoms with Gasteiger partial charge in [0.1, 0.15) is 0 Å². The van der Waals surface area contributed by atoms with Crippen molar-refractivity contribution in [1.29, 1.82) is 0 Å². The van der Waals surface area contributed by atoms with Gasteiger partial charge in [0.2, 0.25) is 10.0 Å². The Labute approximate surface area is 103 Å². The van der Waals surface area contributed by atoms with E-state index in [1.165, 1.54) is 0 Å². The van der Waals surface area contributed by atoms with Crippen LogP contribution in [0.4, 0.5) is 5.69 Å². The Kier molecular flexibility index (Phi) is 5.44. The van der Waals surface area contributed by atoms with Gasteiger partial charge in [-0.25, -0.2) is 8.42 Å². The van der Waals surface area contributed by atoms with Crippen molar-refractivity contribution in [3.8, 4) is 0 Å². The number of hydrogen-bond acceptors (Lipinski definition) is 3. The van der Waals surface area contributed by atoms with Crippen LogP contribution in [0.25, 0.3) is 0 Å². The fourth-order valence-corrected chi connectivity index (χ4v) is 2.75. The summed E-state index contributed by atoms with van der Waals surface area (Å²) in [5, 5.41) is 3.00. The molecule has 0 aliphatic carbocycles. The van der Waals surface area contributed by atoms with E-state index in [-0.39, 0.29) is 5.75 Å². The second-order valence-corrected chi connectivity index (χ2v) is 5.89. The summed E-state index contributed by atoms with van der Waals surface area (Å²) in [4.78, 5) is 0. The first-order chi connectivity index (χ1) is 8.05. The average molecular weight is 256 g/mol. The molecule has 0 unspecified atom stereocenters. The predicted molar refractivity (Wildman–Crippen MR) is 71.7 cm³/mol. The molecular formula is C12H20N2O2S. The highest BCUT2D eigenvalue weighted by atomic mass is 32.2. The number of rotatable bonds is 7. The van der Waals surface area contributed by atoms with Gasteiger partial charge in [0.15, 0.2) is 0 Å². The van der Waals surface area contributed by atoms with E-state index in [2.05, 4.69) is 10.0 Å². The smallest absolute Gasteiger partial charge is 0.232 e. The summed E-state index contributed by atoms with van der Waals surface area (Å²) in [6, 6.07) is 7.38. The molecule has 4 nitrogen and oxygen atoms in total. The van der Waals surface area contributed by atoms with Crippen LogP contribution in [-0.4, -0.2) is 27.8 Å². The van der Waals surface area contributed by atoms with Crippen molar-refractivity contribution in [2.45, 2.75) is 19.8 Å². The van der Waals surface area contributed by atoms with Crippen LogP contribution in [0.2, 0.25) is 0 Å². The van der Waals surface area contributed by atoms with Crippen LogP contribution in [0.5, 0.6) is 0 Å². The third-order valence-electron chi connectivity index (χ3n) is 2.50. The Morgan fingerprint density at radius 2 is 1.88 bits per heavy atom. The van der Waals surface area contributed by atoms with E-state index >= 15 is 0 Å². The largest absolute Gasteiger partial charge is 0.320 e. The van der Waals surface area contributed by atoms with Crippen molar-refractivity contribution >= 4 is 15.7 Å². The number of para-hydroxylation sites is 1. The molecule has 2 N–H and O–H groups in total. The molecule has 0 aliphatic rings. The molecule has 0 aromatic heterocycles. The van der Waals surface area contributed by atoms with Gasteiger partial charge in [0, 0.05) is 0 Å². The molecule has 0 heterocycles. The lowest BCUT2D eigenvalue weighted by Crippen LogP contribution is -2.18. The van der Waals surface area contributed by atoms with E-state index in [0.717, 1.165) is 18.5 Å². The van der Waals surface area contributed by atoms with E-state index in [1.807, 2.05) is 32.2 Å². The molecule has 96 valence electrons. The Balaban J connectivity index is 2.52. The van der Waals surface area contributed by atoms with E-state index in [4.69, 9.17) is 0 Å². The number of unbranched alkanes of at least 4 members (excludes halogenated alkanes) is 1. The molecule has 0 amide bonds. The summed E-state index contributed by atoms with van der Waals surface area (Å²) in [5.41, 5.74) is 1.60. The first kappa shape index (κ1) is 14.0. The van der Waals surface area contributed by atoms with Crippen molar-refractivity contribution in [3.05, 3.63) is 29.8 Å². The molecule has 0 bridgehead atoms. The van der Waals surface area contributed by atoms with Crippen LogP contribution in [0.15, 0.2) is 24.3 Å². The molecule has 0 spiro atoms. The maximum Gasteiger partial charge on any atom is 0.232 e. The lowest BCUT2D eigenvalue weighted by Gasteiger charge is -2.10. The normalized spacial score (nSPS) is 11.4. The Bertz CT molecular complexity index is 444.